The van der Waals surface area contributed by atoms with E-state index in [1.54, 1.807) is 0 Å². The van der Waals surface area contributed by atoms with Gasteiger partial charge in [0, 0.05) is 16.5 Å². The highest BCUT2D eigenvalue weighted by Crippen LogP contribution is 2.35. The molecule has 2 aromatic carbocycles. The third-order valence-electron chi connectivity index (χ3n) is 3.62. The van der Waals surface area contributed by atoms with Gasteiger partial charge in [-0.15, -0.1) is 0 Å². The number of nitrogens with one attached hydrogen (secondary N) is 1. The highest BCUT2D eigenvalue weighted by Gasteiger charge is 2.31. The maximum Gasteiger partial charge on any atom is 0.416 e. The fraction of sp³-hybridized carbons (Fsp3) is 0.118. The van der Waals surface area contributed by atoms with E-state index in [2.05, 4.69) is 4.98 Å². The van der Waals surface area contributed by atoms with Crippen molar-refractivity contribution in [1.82, 2.24) is 4.98 Å². The fourth-order valence-corrected chi connectivity index (χ4v) is 2.46. The minimum Gasteiger partial charge on any atom is -0.354 e. The van der Waals surface area contributed by atoms with Gasteiger partial charge in [-0.05, 0) is 30.7 Å². The zero-order valence-corrected chi connectivity index (χ0v) is 11.7. The summed E-state index contributed by atoms with van der Waals surface area (Å²) in [5.41, 5.74) is 2.34. The van der Waals surface area contributed by atoms with Crippen LogP contribution in [0.25, 0.3) is 22.2 Å². The minimum absolute atomic E-state index is 0.241. The predicted octanol–water partition coefficient (Wildman–Crippen LogP) is 4.97. The van der Waals surface area contributed by atoms with Gasteiger partial charge in [0.15, 0.2) is 6.29 Å². The van der Waals surface area contributed by atoms with Crippen LogP contribution in [0.5, 0.6) is 0 Å². The average molecular weight is 303 g/mol. The van der Waals surface area contributed by atoms with Crippen LogP contribution < -0.4 is 0 Å². The predicted molar refractivity (Wildman–Crippen MR) is 78.9 cm³/mol. The monoisotopic (exact) mass is 303 g/mol. The number of benzene rings is 2. The Kier molecular flexibility index (Phi) is 3.28. The van der Waals surface area contributed by atoms with Gasteiger partial charge < -0.3 is 4.98 Å². The van der Waals surface area contributed by atoms with E-state index in [0.717, 1.165) is 23.3 Å². The van der Waals surface area contributed by atoms with Gasteiger partial charge in [0.1, 0.15) is 0 Å². The molecule has 5 heteroatoms. The largest absolute Gasteiger partial charge is 0.416 e. The lowest BCUT2D eigenvalue weighted by molar-refractivity contribution is -0.137. The topological polar surface area (TPSA) is 32.9 Å². The minimum atomic E-state index is -4.43. The second-order valence-corrected chi connectivity index (χ2v) is 5.16. The summed E-state index contributed by atoms with van der Waals surface area (Å²) in [5, 5.41) is 0.278. The van der Waals surface area contributed by atoms with Crippen molar-refractivity contribution in [3.63, 3.8) is 0 Å². The molecule has 0 atom stereocenters. The highest BCUT2D eigenvalue weighted by atomic mass is 19.4. The van der Waals surface area contributed by atoms with Crippen LogP contribution >= 0.6 is 0 Å². The number of aldehydes is 1. The number of halogens is 3. The van der Waals surface area contributed by atoms with Crippen molar-refractivity contribution in [2.75, 3.05) is 0 Å². The van der Waals surface area contributed by atoms with Gasteiger partial charge in [-0.1, -0.05) is 29.8 Å². The summed E-state index contributed by atoms with van der Waals surface area (Å²) in [6.45, 7) is 1.94. The van der Waals surface area contributed by atoms with E-state index >= 15 is 0 Å². The van der Waals surface area contributed by atoms with Crippen molar-refractivity contribution in [2.24, 2.45) is 0 Å². The zero-order chi connectivity index (χ0) is 15.9. The van der Waals surface area contributed by atoms with Crippen LogP contribution in [0.1, 0.15) is 21.5 Å². The summed E-state index contributed by atoms with van der Waals surface area (Å²) in [5.74, 6) is 0. The SMILES string of the molecule is Cc1ccc(-c2[nH]c3ccc(C(F)(F)F)cc3c2C=O)cc1. The smallest absolute Gasteiger partial charge is 0.354 e. The van der Waals surface area contributed by atoms with E-state index < -0.39 is 11.7 Å². The fourth-order valence-electron chi connectivity index (χ4n) is 2.46. The summed E-state index contributed by atoms with van der Waals surface area (Å²) >= 11 is 0. The first-order chi connectivity index (χ1) is 10.4. The first kappa shape index (κ1) is 14.4. The lowest BCUT2D eigenvalue weighted by Crippen LogP contribution is -2.04. The van der Waals surface area contributed by atoms with E-state index in [4.69, 9.17) is 0 Å². The molecule has 1 N–H and O–H groups in total. The Balaban J connectivity index is 2.24. The van der Waals surface area contributed by atoms with Crippen LogP contribution in [-0.2, 0) is 6.18 Å². The third-order valence-corrected chi connectivity index (χ3v) is 3.62. The molecule has 1 heterocycles. The molecule has 0 bridgehead atoms. The number of alkyl halides is 3. The molecule has 1 aromatic heterocycles. The Labute approximate surface area is 124 Å². The standard InChI is InChI=1S/C17H12F3NO/c1-10-2-4-11(5-3-10)16-14(9-22)13-8-12(17(18,19)20)6-7-15(13)21-16/h2-9,21H,1H3. The summed E-state index contributed by atoms with van der Waals surface area (Å²) in [7, 11) is 0. The number of H-pyrrole nitrogens is 1. The van der Waals surface area contributed by atoms with Gasteiger partial charge >= 0.3 is 6.18 Å². The Bertz CT molecular complexity index is 845. The van der Waals surface area contributed by atoms with E-state index in [9.17, 15) is 18.0 Å². The normalized spacial score (nSPS) is 11.8. The second kappa shape index (κ2) is 5.02. The number of carbonyl (C=O) groups excluding carboxylic acids is 1. The number of hydrogen-bond donors (Lipinski definition) is 1. The van der Waals surface area contributed by atoms with Gasteiger partial charge in [-0.25, -0.2) is 0 Å². The third kappa shape index (κ3) is 2.39. The number of hydrogen-bond acceptors (Lipinski definition) is 1. The summed E-state index contributed by atoms with van der Waals surface area (Å²) in [4.78, 5) is 14.4. The Hall–Kier alpha value is -2.56. The zero-order valence-electron chi connectivity index (χ0n) is 11.7. The van der Waals surface area contributed by atoms with Crippen molar-refractivity contribution in [1.29, 1.82) is 0 Å². The summed E-state index contributed by atoms with van der Waals surface area (Å²) in [6.07, 6.45) is -3.84. The first-order valence-corrected chi connectivity index (χ1v) is 6.65. The molecular weight excluding hydrogens is 291 g/mol. The van der Waals surface area contributed by atoms with E-state index in [1.165, 1.54) is 6.07 Å². The molecule has 0 radical (unpaired) electrons. The van der Waals surface area contributed by atoms with Crippen LogP contribution in [0, 0.1) is 6.92 Å². The summed E-state index contributed by atoms with van der Waals surface area (Å²) < 4.78 is 38.5. The molecule has 2 nitrogen and oxygen atoms in total. The van der Waals surface area contributed by atoms with Gasteiger partial charge in [-0.2, -0.15) is 13.2 Å². The molecule has 0 spiro atoms. The Morgan fingerprint density at radius 1 is 1.05 bits per heavy atom. The average Bonchev–Trinajstić information content (AvgIpc) is 2.84. The number of aryl methyl sites for hydroxylation is 1. The van der Waals surface area contributed by atoms with Crippen molar-refractivity contribution in [3.8, 4) is 11.3 Å². The maximum atomic E-state index is 12.8. The van der Waals surface area contributed by atoms with Gasteiger partial charge in [0.2, 0.25) is 0 Å². The van der Waals surface area contributed by atoms with E-state index in [-0.39, 0.29) is 10.9 Å². The van der Waals surface area contributed by atoms with Crippen LogP contribution in [0.15, 0.2) is 42.5 Å². The lowest BCUT2D eigenvalue weighted by atomic mass is 10.0. The van der Waals surface area contributed by atoms with Gasteiger partial charge in [0.05, 0.1) is 11.3 Å². The summed E-state index contributed by atoms with van der Waals surface area (Å²) in [6, 6.07) is 10.8. The van der Waals surface area contributed by atoms with Crippen molar-refractivity contribution in [3.05, 3.63) is 59.2 Å². The molecule has 112 valence electrons. The van der Waals surface area contributed by atoms with E-state index in [1.807, 2.05) is 31.2 Å². The molecular formula is C17H12F3NO. The van der Waals surface area contributed by atoms with Gasteiger partial charge in [-0.3, -0.25) is 4.79 Å². The molecule has 0 unspecified atom stereocenters. The molecule has 0 aliphatic rings. The van der Waals surface area contributed by atoms with E-state index in [0.29, 0.717) is 17.5 Å². The lowest BCUT2D eigenvalue weighted by Gasteiger charge is -2.06. The number of aromatic nitrogens is 1. The Morgan fingerprint density at radius 3 is 2.32 bits per heavy atom. The van der Waals surface area contributed by atoms with Crippen LogP contribution in [-0.4, -0.2) is 11.3 Å². The molecule has 0 saturated heterocycles. The molecule has 0 saturated carbocycles. The van der Waals surface area contributed by atoms with Crippen molar-refractivity contribution < 1.29 is 18.0 Å². The maximum absolute atomic E-state index is 12.8. The molecule has 0 aliphatic carbocycles. The second-order valence-electron chi connectivity index (χ2n) is 5.16. The molecule has 22 heavy (non-hydrogen) atoms. The number of rotatable bonds is 2. The molecule has 0 aliphatic heterocycles. The molecule has 0 amide bonds. The van der Waals surface area contributed by atoms with Crippen molar-refractivity contribution >= 4 is 17.2 Å². The highest BCUT2D eigenvalue weighted by molar-refractivity contribution is 6.04. The number of carbonyl (C=O) groups is 1. The first-order valence-electron chi connectivity index (χ1n) is 6.65. The van der Waals surface area contributed by atoms with Crippen LogP contribution in [0.3, 0.4) is 0 Å². The van der Waals surface area contributed by atoms with Crippen molar-refractivity contribution in [2.45, 2.75) is 13.1 Å². The molecule has 3 aromatic rings. The molecule has 3 rings (SSSR count). The number of fused-ring (bicyclic) bond motifs is 1. The Morgan fingerprint density at radius 2 is 1.73 bits per heavy atom. The quantitative estimate of drug-likeness (QED) is 0.666. The van der Waals surface area contributed by atoms with Crippen LogP contribution in [0.4, 0.5) is 13.2 Å². The molecule has 0 fully saturated rings. The van der Waals surface area contributed by atoms with Gasteiger partial charge in [0.25, 0.3) is 0 Å². The number of aromatic amines is 1. The van der Waals surface area contributed by atoms with Crippen LogP contribution in [0.2, 0.25) is 0 Å².